The van der Waals surface area contributed by atoms with Gasteiger partial charge in [-0.05, 0) is 24.2 Å². The molecule has 1 amide bonds. The number of hydrogen-bond acceptors (Lipinski definition) is 3. The second-order valence-corrected chi connectivity index (χ2v) is 6.08. The van der Waals surface area contributed by atoms with E-state index >= 15 is 0 Å². The third-order valence-electron chi connectivity index (χ3n) is 3.81. The second kappa shape index (κ2) is 7.31. The topological polar surface area (TPSA) is 83.8 Å². The maximum Gasteiger partial charge on any atom is 0.273 e. The van der Waals surface area contributed by atoms with E-state index in [1.54, 1.807) is 0 Å². The summed E-state index contributed by atoms with van der Waals surface area (Å²) in [4.78, 5) is 12.2. The van der Waals surface area contributed by atoms with Gasteiger partial charge in [0.2, 0.25) is 0 Å². The second-order valence-electron chi connectivity index (χ2n) is 6.08. The summed E-state index contributed by atoms with van der Waals surface area (Å²) >= 11 is 0. The first-order valence-electron chi connectivity index (χ1n) is 7.49. The van der Waals surface area contributed by atoms with Crippen molar-refractivity contribution in [2.75, 3.05) is 12.3 Å². The Morgan fingerprint density at radius 1 is 1.30 bits per heavy atom. The van der Waals surface area contributed by atoms with Crippen LogP contribution in [0.25, 0.3) is 0 Å². The zero-order valence-corrected chi connectivity index (χ0v) is 13.3. The van der Waals surface area contributed by atoms with Crippen molar-refractivity contribution in [1.82, 2.24) is 15.5 Å². The molecule has 0 saturated heterocycles. The number of anilines is 1. The molecule has 0 aliphatic rings. The van der Waals surface area contributed by atoms with Crippen LogP contribution in [0, 0.1) is 17.8 Å². The van der Waals surface area contributed by atoms with E-state index in [4.69, 9.17) is 5.73 Å². The number of carbonyl (C=O) groups excluding carboxylic acids is 1. The molecule has 114 valence electrons. The van der Waals surface area contributed by atoms with Crippen molar-refractivity contribution in [3.63, 3.8) is 0 Å². The smallest absolute Gasteiger partial charge is 0.273 e. The Hall–Kier alpha value is -1.52. The van der Waals surface area contributed by atoms with Gasteiger partial charge < -0.3 is 11.1 Å². The number of amides is 1. The molecule has 0 atom stereocenters. The predicted molar refractivity (Wildman–Crippen MR) is 82.5 cm³/mol. The Balaban J connectivity index is 2.67. The Labute approximate surface area is 121 Å². The van der Waals surface area contributed by atoms with Crippen LogP contribution in [-0.4, -0.2) is 22.6 Å². The van der Waals surface area contributed by atoms with Crippen molar-refractivity contribution in [3.05, 3.63) is 11.4 Å². The Morgan fingerprint density at radius 3 is 2.40 bits per heavy atom. The minimum Gasteiger partial charge on any atom is -0.395 e. The number of H-pyrrole nitrogens is 1. The summed E-state index contributed by atoms with van der Waals surface area (Å²) in [5.74, 6) is 1.33. The van der Waals surface area contributed by atoms with E-state index in [2.05, 4.69) is 50.1 Å². The van der Waals surface area contributed by atoms with Gasteiger partial charge in [0.15, 0.2) is 5.69 Å². The summed E-state index contributed by atoms with van der Waals surface area (Å²) in [6.45, 7) is 11.4. The van der Waals surface area contributed by atoms with Crippen molar-refractivity contribution in [2.45, 2.75) is 47.5 Å². The van der Waals surface area contributed by atoms with Crippen molar-refractivity contribution in [3.8, 4) is 0 Å². The van der Waals surface area contributed by atoms with Gasteiger partial charge in [0.25, 0.3) is 5.91 Å². The van der Waals surface area contributed by atoms with Crippen LogP contribution in [0.1, 0.15) is 57.2 Å². The number of aromatic nitrogens is 2. The van der Waals surface area contributed by atoms with Crippen LogP contribution >= 0.6 is 0 Å². The van der Waals surface area contributed by atoms with E-state index in [1.807, 2.05) is 0 Å². The Kier molecular flexibility index (Phi) is 6.05. The van der Waals surface area contributed by atoms with Gasteiger partial charge in [0.05, 0.1) is 11.4 Å². The van der Waals surface area contributed by atoms with Crippen molar-refractivity contribution in [2.24, 2.45) is 17.8 Å². The van der Waals surface area contributed by atoms with Crippen LogP contribution in [-0.2, 0) is 6.42 Å². The summed E-state index contributed by atoms with van der Waals surface area (Å²) in [5.41, 5.74) is 7.61. The summed E-state index contributed by atoms with van der Waals surface area (Å²) < 4.78 is 0. The van der Waals surface area contributed by atoms with Gasteiger partial charge in [-0.15, -0.1) is 0 Å². The van der Waals surface area contributed by atoms with Gasteiger partial charge in [0.1, 0.15) is 0 Å². The van der Waals surface area contributed by atoms with Crippen LogP contribution in [0.4, 0.5) is 5.69 Å². The molecule has 4 N–H and O–H groups in total. The zero-order chi connectivity index (χ0) is 15.3. The number of hydrogen-bond donors (Lipinski definition) is 3. The molecule has 5 heteroatoms. The summed E-state index contributed by atoms with van der Waals surface area (Å²) in [7, 11) is 0. The molecule has 1 rings (SSSR count). The lowest BCUT2D eigenvalue weighted by Crippen LogP contribution is -2.34. The first kappa shape index (κ1) is 16.5. The van der Waals surface area contributed by atoms with Crippen molar-refractivity contribution >= 4 is 11.6 Å². The minimum absolute atomic E-state index is 0.188. The third kappa shape index (κ3) is 3.99. The lowest BCUT2D eigenvalue weighted by Gasteiger charge is -2.24. The highest BCUT2D eigenvalue weighted by Gasteiger charge is 2.21. The zero-order valence-electron chi connectivity index (χ0n) is 13.3. The fraction of sp³-hybridized carbons (Fsp3) is 0.733. The van der Waals surface area contributed by atoms with Crippen LogP contribution in [0.15, 0.2) is 0 Å². The minimum atomic E-state index is -0.188. The Bertz CT molecular complexity index is 429. The van der Waals surface area contributed by atoms with Gasteiger partial charge in [-0.3, -0.25) is 9.89 Å². The molecule has 0 radical (unpaired) electrons. The van der Waals surface area contributed by atoms with E-state index in [0.717, 1.165) is 18.5 Å². The van der Waals surface area contributed by atoms with Gasteiger partial charge in [-0.25, -0.2) is 0 Å². The maximum absolute atomic E-state index is 12.2. The average Bonchev–Trinajstić information content (AvgIpc) is 2.71. The summed E-state index contributed by atoms with van der Waals surface area (Å²) in [6, 6.07) is 0. The molecular weight excluding hydrogens is 252 g/mol. The fourth-order valence-electron chi connectivity index (χ4n) is 2.54. The van der Waals surface area contributed by atoms with E-state index in [0.29, 0.717) is 35.7 Å². The molecule has 1 aromatic rings. The van der Waals surface area contributed by atoms with Gasteiger partial charge in [0, 0.05) is 6.54 Å². The number of rotatable bonds is 7. The van der Waals surface area contributed by atoms with Gasteiger partial charge in [-0.2, -0.15) is 5.10 Å². The first-order valence-corrected chi connectivity index (χ1v) is 7.49. The maximum atomic E-state index is 12.2. The van der Waals surface area contributed by atoms with Crippen LogP contribution in [0.5, 0.6) is 0 Å². The molecule has 20 heavy (non-hydrogen) atoms. The van der Waals surface area contributed by atoms with E-state index in [-0.39, 0.29) is 5.91 Å². The van der Waals surface area contributed by atoms with Crippen LogP contribution in [0.3, 0.4) is 0 Å². The van der Waals surface area contributed by atoms with Gasteiger partial charge in [-0.1, -0.05) is 41.0 Å². The SMILES string of the molecule is CCCc1[nH]nc(C(=O)NCC(C(C)C)C(C)C)c1N. The van der Waals surface area contributed by atoms with Crippen molar-refractivity contribution in [1.29, 1.82) is 0 Å². The first-order chi connectivity index (χ1) is 9.38. The fourth-order valence-corrected chi connectivity index (χ4v) is 2.54. The van der Waals surface area contributed by atoms with E-state index in [9.17, 15) is 4.79 Å². The molecule has 0 bridgehead atoms. The number of aryl methyl sites for hydroxylation is 1. The molecule has 5 nitrogen and oxygen atoms in total. The molecule has 0 saturated carbocycles. The van der Waals surface area contributed by atoms with Crippen molar-refractivity contribution < 1.29 is 4.79 Å². The number of nitrogen functional groups attached to an aromatic ring is 1. The number of carbonyl (C=O) groups is 1. The molecule has 0 aromatic carbocycles. The number of nitrogens with one attached hydrogen (secondary N) is 2. The molecule has 0 aliphatic heterocycles. The summed E-state index contributed by atoms with van der Waals surface area (Å²) in [6.07, 6.45) is 1.78. The lowest BCUT2D eigenvalue weighted by molar-refractivity contribution is 0.0933. The monoisotopic (exact) mass is 280 g/mol. The highest BCUT2D eigenvalue weighted by molar-refractivity contribution is 5.97. The number of aromatic amines is 1. The molecule has 0 unspecified atom stereocenters. The third-order valence-corrected chi connectivity index (χ3v) is 3.81. The molecule has 1 aromatic heterocycles. The lowest BCUT2D eigenvalue weighted by atomic mass is 9.85. The van der Waals surface area contributed by atoms with Crippen LogP contribution in [0.2, 0.25) is 0 Å². The quantitative estimate of drug-likeness (QED) is 0.718. The molecule has 0 fully saturated rings. The number of nitrogens with zero attached hydrogens (tertiary/aromatic N) is 1. The van der Waals surface area contributed by atoms with Gasteiger partial charge >= 0.3 is 0 Å². The largest absolute Gasteiger partial charge is 0.395 e. The highest BCUT2D eigenvalue weighted by atomic mass is 16.1. The predicted octanol–water partition coefficient (Wildman–Crippen LogP) is 2.60. The van der Waals surface area contributed by atoms with E-state index < -0.39 is 0 Å². The molecule has 0 aliphatic carbocycles. The Morgan fingerprint density at radius 2 is 1.90 bits per heavy atom. The highest BCUT2D eigenvalue weighted by Crippen LogP contribution is 2.20. The summed E-state index contributed by atoms with van der Waals surface area (Å²) in [5, 5.41) is 9.85. The number of nitrogens with two attached hydrogens (primary N) is 1. The van der Waals surface area contributed by atoms with E-state index in [1.165, 1.54) is 0 Å². The normalized spacial score (nSPS) is 11.6. The average molecular weight is 280 g/mol. The van der Waals surface area contributed by atoms with Crippen LogP contribution < -0.4 is 11.1 Å². The molecule has 1 heterocycles. The standard InChI is InChI=1S/C15H28N4O/c1-6-7-12-13(16)14(19-18-12)15(20)17-8-11(9(2)3)10(4)5/h9-11H,6-8,16H2,1-5H3,(H,17,20)(H,18,19). The molecule has 0 spiro atoms. The molecular formula is C15H28N4O.